The Morgan fingerprint density at radius 3 is 2.65 bits per heavy atom. The topological polar surface area (TPSA) is 62.5 Å². The summed E-state index contributed by atoms with van der Waals surface area (Å²) < 4.78 is 5.67. The molecule has 2 aromatic carbocycles. The van der Waals surface area contributed by atoms with E-state index in [2.05, 4.69) is 5.32 Å². The molecule has 1 amide bonds. The van der Waals surface area contributed by atoms with Crippen LogP contribution in [0.25, 0.3) is 11.0 Å². The number of hydrogen-bond donors (Lipinski definition) is 2. The van der Waals surface area contributed by atoms with E-state index in [4.69, 9.17) is 4.42 Å². The molecule has 1 aromatic heterocycles. The maximum atomic E-state index is 12.2. The molecule has 0 fully saturated rings. The molecule has 1 aliphatic rings. The first kappa shape index (κ1) is 11.3. The first-order valence-corrected chi connectivity index (χ1v) is 6.32. The zero-order valence-corrected chi connectivity index (χ0v) is 10.5. The van der Waals surface area contributed by atoms with Gasteiger partial charge in [-0.1, -0.05) is 36.4 Å². The highest BCUT2D eigenvalue weighted by Crippen LogP contribution is 2.42. The summed E-state index contributed by atoms with van der Waals surface area (Å²) in [4.78, 5) is 12.2. The van der Waals surface area contributed by atoms with E-state index in [-0.39, 0.29) is 5.76 Å². The number of furan rings is 1. The molecule has 0 saturated carbocycles. The van der Waals surface area contributed by atoms with Crippen molar-refractivity contribution in [1.29, 1.82) is 0 Å². The zero-order chi connectivity index (χ0) is 13.7. The van der Waals surface area contributed by atoms with Gasteiger partial charge in [-0.25, -0.2) is 0 Å². The molecule has 3 aromatic rings. The van der Waals surface area contributed by atoms with E-state index in [0.29, 0.717) is 16.8 Å². The van der Waals surface area contributed by atoms with E-state index >= 15 is 0 Å². The number of carbonyl (C=O) groups excluding carboxylic acids is 1. The Bertz CT molecular complexity index is 803. The molecule has 2 N–H and O–H groups in total. The average molecular weight is 265 g/mol. The maximum absolute atomic E-state index is 12.2. The lowest BCUT2D eigenvalue weighted by molar-refractivity contribution is -0.130. The quantitative estimate of drug-likeness (QED) is 0.711. The second kappa shape index (κ2) is 3.71. The van der Waals surface area contributed by atoms with Crippen molar-refractivity contribution in [3.05, 3.63) is 65.9 Å². The summed E-state index contributed by atoms with van der Waals surface area (Å²) in [5.41, 5.74) is 0.00733. The van der Waals surface area contributed by atoms with Gasteiger partial charge >= 0.3 is 0 Å². The molecule has 4 heteroatoms. The van der Waals surface area contributed by atoms with E-state index in [0.717, 1.165) is 5.39 Å². The summed E-state index contributed by atoms with van der Waals surface area (Å²) in [7, 11) is 0. The van der Waals surface area contributed by atoms with Crippen LogP contribution in [0.2, 0.25) is 0 Å². The van der Waals surface area contributed by atoms with Crippen LogP contribution >= 0.6 is 0 Å². The van der Waals surface area contributed by atoms with E-state index in [1.54, 1.807) is 30.3 Å². The number of para-hydroxylation sites is 2. The lowest BCUT2D eigenvalue weighted by atomic mass is 9.92. The molecule has 0 aliphatic carbocycles. The summed E-state index contributed by atoms with van der Waals surface area (Å²) in [6.45, 7) is 0. The summed E-state index contributed by atoms with van der Waals surface area (Å²) >= 11 is 0. The Labute approximate surface area is 114 Å². The minimum atomic E-state index is -1.77. The zero-order valence-electron chi connectivity index (χ0n) is 10.5. The van der Waals surface area contributed by atoms with Gasteiger partial charge in [0, 0.05) is 16.6 Å². The summed E-state index contributed by atoms with van der Waals surface area (Å²) in [6, 6.07) is 16.2. The molecular formula is C16H11NO3. The molecule has 2 heterocycles. The summed E-state index contributed by atoms with van der Waals surface area (Å²) in [5.74, 6) is -0.251. The molecule has 1 atom stereocenters. The van der Waals surface area contributed by atoms with E-state index < -0.39 is 11.5 Å². The lowest BCUT2D eigenvalue weighted by Crippen LogP contribution is -2.34. The molecule has 0 radical (unpaired) electrons. The third-order valence-electron chi connectivity index (χ3n) is 3.68. The summed E-state index contributed by atoms with van der Waals surface area (Å²) in [6.07, 6.45) is 0. The van der Waals surface area contributed by atoms with E-state index in [9.17, 15) is 9.90 Å². The monoisotopic (exact) mass is 265 g/mol. The van der Waals surface area contributed by atoms with Crippen molar-refractivity contribution in [3.8, 4) is 0 Å². The Morgan fingerprint density at radius 2 is 1.80 bits per heavy atom. The summed E-state index contributed by atoms with van der Waals surface area (Å²) in [5, 5.41) is 14.4. The van der Waals surface area contributed by atoms with Crippen LogP contribution in [-0.4, -0.2) is 11.0 Å². The average Bonchev–Trinajstić information content (AvgIpc) is 3.00. The van der Waals surface area contributed by atoms with Gasteiger partial charge in [-0.2, -0.15) is 0 Å². The number of nitrogens with one attached hydrogen (secondary N) is 1. The van der Waals surface area contributed by atoms with Crippen LogP contribution in [0, 0.1) is 0 Å². The molecule has 1 aliphatic heterocycles. The molecule has 98 valence electrons. The number of fused-ring (bicyclic) bond motifs is 2. The molecule has 4 nitrogen and oxygen atoms in total. The van der Waals surface area contributed by atoms with Gasteiger partial charge in [0.25, 0.3) is 5.91 Å². The molecule has 1 unspecified atom stereocenters. The third-order valence-corrected chi connectivity index (χ3v) is 3.68. The Morgan fingerprint density at radius 1 is 1.05 bits per heavy atom. The van der Waals surface area contributed by atoms with Crippen molar-refractivity contribution in [2.45, 2.75) is 5.60 Å². The highest BCUT2D eigenvalue weighted by Gasteiger charge is 2.49. The van der Waals surface area contributed by atoms with Crippen molar-refractivity contribution >= 4 is 22.6 Å². The lowest BCUT2D eigenvalue weighted by Gasteiger charge is -2.17. The minimum Gasteiger partial charge on any atom is -0.457 e. The first-order valence-electron chi connectivity index (χ1n) is 6.32. The minimum absolute atomic E-state index is 0.237. The Hall–Kier alpha value is -2.59. The second-order valence-electron chi connectivity index (χ2n) is 4.86. The van der Waals surface area contributed by atoms with Gasteiger partial charge in [0.15, 0.2) is 5.76 Å². The predicted molar refractivity (Wildman–Crippen MR) is 74.3 cm³/mol. The van der Waals surface area contributed by atoms with Gasteiger partial charge in [0.2, 0.25) is 5.60 Å². The number of anilines is 1. The number of hydrogen-bond acceptors (Lipinski definition) is 3. The number of benzene rings is 2. The highest BCUT2D eigenvalue weighted by molar-refractivity contribution is 6.07. The fraction of sp³-hybridized carbons (Fsp3) is 0.0625. The Balaban J connectivity index is 1.98. The van der Waals surface area contributed by atoms with Gasteiger partial charge in [-0.3, -0.25) is 4.79 Å². The number of aliphatic hydroxyl groups is 1. The third kappa shape index (κ3) is 1.31. The first-order chi connectivity index (χ1) is 9.69. The fourth-order valence-electron chi connectivity index (χ4n) is 2.65. The van der Waals surface area contributed by atoms with Crippen molar-refractivity contribution in [1.82, 2.24) is 0 Å². The molecule has 4 rings (SSSR count). The van der Waals surface area contributed by atoms with Crippen molar-refractivity contribution in [3.63, 3.8) is 0 Å². The molecule has 0 spiro atoms. The SMILES string of the molecule is O=C1Nc2ccccc2C1(O)c1cc2ccccc2o1. The fourth-order valence-corrected chi connectivity index (χ4v) is 2.65. The smallest absolute Gasteiger partial charge is 0.269 e. The largest absolute Gasteiger partial charge is 0.457 e. The van der Waals surface area contributed by atoms with Gasteiger partial charge in [0.05, 0.1) is 0 Å². The van der Waals surface area contributed by atoms with Crippen LogP contribution in [0.1, 0.15) is 11.3 Å². The molecule has 20 heavy (non-hydrogen) atoms. The molecule has 0 bridgehead atoms. The van der Waals surface area contributed by atoms with Crippen molar-refractivity contribution in [2.75, 3.05) is 5.32 Å². The normalized spacial score (nSPS) is 20.9. The van der Waals surface area contributed by atoms with Crippen molar-refractivity contribution < 1.29 is 14.3 Å². The van der Waals surface area contributed by atoms with Gasteiger partial charge in [0.1, 0.15) is 5.58 Å². The second-order valence-corrected chi connectivity index (χ2v) is 4.86. The maximum Gasteiger partial charge on any atom is 0.269 e. The number of rotatable bonds is 1. The van der Waals surface area contributed by atoms with Crippen LogP contribution in [0.15, 0.2) is 59.0 Å². The van der Waals surface area contributed by atoms with Crippen LogP contribution in [0.5, 0.6) is 0 Å². The van der Waals surface area contributed by atoms with Crippen LogP contribution in [-0.2, 0) is 10.4 Å². The van der Waals surface area contributed by atoms with E-state index in [1.807, 2.05) is 24.3 Å². The van der Waals surface area contributed by atoms with E-state index in [1.165, 1.54) is 0 Å². The van der Waals surface area contributed by atoms with Crippen LogP contribution in [0.3, 0.4) is 0 Å². The number of amides is 1. The van der Waals surface area contributed by atoms with Gasteiger partial charge < -0.3 is 14.8 Å². The highest BCUT2D eigenvalue weighted by atomic mass is 16.4. The predicted octanol–water partition coefficient (Wildman–Crippen LogP) is 2.62. The standard InChI is InChI=1S/C16H11NO3/c18-15-16(19,11-6-2-3-7-12(11)17-15)14-9-10-5-1-4-8-13(10)20-14/h1-9,19H,(H,17,18). The molecular weight excluding hydrogens is 254 g/mol. The van der Waals surface area contributed by atoms with Crippen molar-refractivity contribution in [2.24, 2.45) is 0 Å². The Kier molecular flexibility index (Phi) is 2.09. The van der Waals surface area contributed by atoms with Gasteiger partial charge in [-0.15, -0.1) is 0 Å². The molecule has 0 saturated heterocycles. The number of carbonyl (C=O) groups is 1. The van der Waals surface area contributed by atoms with Gasteiger partial charge in [-0.05, 0) is 18.2 Å². The van der Waals surface area contributed by atoms with Crippen LogP contribution < -0.4 is 5.32 Å². The van der Waals surface area contributed by atoms with Crippen LogP contribution in [0.4, 0.5) is 5.69 Å².